The zero-order chi connectivity index (χ0) is 18.1. The number of alkyl halides is 3. The molecule has 0 saturated carbocycles. The minimum absolute atomic E-state index is 0. The monoisotopic (exact) mass is 497 g/mol. The molecule has 1 saturated heterocycles. The van der Waals surface area contributed by atoms with Crippen LogP contribution in [0.4, 0.5) is 13.2 Å². The summed E-state index contributed by atoms with van der Waals surface area (Å²) in [4.78, 5) is 0. The fourth-order valence-electron chi connectivity index (χ4n) is 2.92. The molecular formula is C16H39Cl3F3N4Ti. The van der Waals surface area contributed by atoms with E-state index < -0.39 is 20.0 Å². The Morgan fingerprint density at radius 3 is 1.22 bits per heavy atom. The first-order valence-electron chi connectivity index (χ1n) is 9.29. The Bertz CT molecular complexity index is 353. The van der Waals surface area contributed by atoms with Gasteiger partial charge in [-0.2, -0.15) is 0 Å². The molecule has 1 fully saturated rings. The van der Waals surface area contributed by atoms with Gasteiger partial charge in [0.1, 0.15) is 0 Å². The molecule has 0 atom stereocenters. The van der Waals surface area contributed by atoms with Crippen molar-refractivity contribution in [3.05, 3.63) is 0 Å². The Morgan fingerprint density at radius 2 is 0.926 bits per heavy atom. The van der Waals surface area contributed by atoms with Crippen LogP contribution in [0.5, 0.6) is 0 Å². The van der Waals surface area contributed by atoms with Crippen molar-refractivity contribution in [1.82, 2.24) is 19.3 Å². The van der Waals surface area contributed by atoms with Gasteiger partial charge in [-0.1, -0.05) is 0 Å². The predicted molar refractivity (Wildman–Crippen MR) is 114 cm³/mol. The van der Waals surface area contributed by atoms with Crippen LogP contribution in [0.3, 0.4) is 0 Å². The summed E-state index contributed by atoms with van der Waals surface area (Å²) in [6.45, 7) is 6.46. The summed E-state index contributed by atoms with van der Waals surface area (Å²) in [5.41, 5.74) is 0. The third-order valence-electron chi connectivity index (χ3n) is 5.06. The predicted octanol–water partition coefficient (Wildman–Crippen LogP) is 4.17. The van der Waals surface area contributed by atoms with Crippen LogP contribution < -0.4 is 16.0 Å². The number of nitrogens with zero attached hydrogens (tertiary/aromatic N) is 1. The first-order chi connectivity index (χ1) is 11.1. The third kappa shape index (κ3) is 11.3. The summed E-state index contributed by atoms with van der Waals surface area (Å²) in [6.07, 6.45) is 3.65. The van der Waals surface area contributed by atoms with Crippen molar-refractivity contribution >= 4 is 37.2 Å². The molecule has 0 aromatic rings. The number of hydrogen-bond donors (Lipinski definition) is 3. The number of hydrogen-bond acceptors (Lipinski definition) is 4. The molecule has 4 nitrogen and oxygen atoms in total. The van der Waals surface area contributed by atoms with E-state index in [1.807, 2.05) is 0 Å². The first-order valence-corrected chi connectivity index (χ1v) is 15.5. The third-order valence-corrected chi connectivity index (χ3v) is 12.3. The van der Waals surface area contributed by atoms with Gasteiger partial charge in [-0.05, 0) is 0 Å². The molecule has 169 valence electrons. The number of rotatable bonds is 1. The average molecular weight is 499 g/mol. The second kappa shape index (κ2) is 15.1. The fourth-order valence-corrected chi connectivity index (χ4v) is 6.41. The zero-order valence-electron chi connectivity index (χ0n) is 16.8. The Kier molecular flexibility index (Phi) is 18.4. The van der Waals surface area contributed by atoms with Crippen molar-refractivity contribution in [2.75, 3.05) is 52.4 Å². The minimum atomic E-state index is -4.66. The van der Waals surface area contributed by atoms with Gasteiger partial charge < -0.3 is 0 Å². The summed E-state index contributed by atoms with van der Waals surface area (Å²) in [7, 11) is 0. The van der Waals surface area contributed by atoms with E-state index in [4.69, 9.17) is 0 Å². The second-order valence-electron chi connectivity index (χ2n) is 8.18. The number of halogens is 6. The van der Waals surface area contributed by atoms with Gasteiger partial charge in [0, 0.05) is 0 Å². The van der Waals surface area contributed by atoms with Crippen molar-refractivity contribution in [3.63, 3.8) is 0 Å². The van der Waals surface area contributed by atoms with E-state index in [0.717, 1.165) is 65.0 Å². The maximum absolute atomic E-state index is 13.8. The topological polar surface area (TPSA) is 39.3 Å². The van der Waals surface area contributed by atoms with E-state index in [0.29, 0.717) is 13.1 Å². The van der Waals surface area contributed by atoms with E-state index in [-0.39, 0.29) is 37.2 Å². The van der Waals surface area contributed by atoms with Crippen LogP contribution in [-0.4, -0.2) is 60.2 Å². The van der Waals surface area contributed by atoms with Crippen molar-refractivity contribution in [2.45, 2.75) is 45.8 Å². The molecule has 1 aliphatic heterocycles. The molecule has 1 rings (SSSR count). The molecule has 1 heterocycles. The molecule has 1 aliphatic rings. The quantitative estimate of drug-likeness (QED) is 0.475. The molecule has 0 aromatic heterocycles. The van der Waals surface area contributed by atoms with Gasteiger partial charge in [-0.25, -0.2) is 0 Å². The molecule has 27 heavy (non-hydrogen) atoms. The first kappa shape index (κ1) is 32.9. The molecule has 3 N–H and O–H groups in total. The summed E-state index contributed by atoms with van der Waals surface area (Å²) >= 11 is -4.66. The molecule has 0 spiro atoms. The van der Waals surface area contributed by atoms with Crippen LogP contribution >= 0.6 is 37.2 Å². The Hall–Kier alpha value is 1.21. The van der Waals surface area contributed by atoms with Crippen molar-refractivity contribution < 1.29 is 28.7 Å². The molecule has 11 heteroatoms. The SMILES string of the molecule is Cl.Cl.Cl.[CH3][Ti]([CH3])([CH3])([N]1CCCNCCCNCCCNCCC1)[C](F)(F)F. The molecule has 0 amide bonds. The summed E-state index contributed by atoms with van der Waals surface area (Å²) in [5.74, 6) is 0. The van der Waals surface area contributed by atoms with Crippen molar-refractivity contribution in [3.8, 4) is 0 Å². The van der Waals surface area contributed by atoms with Crippen LogP contribution in [-0.2, 0) is 15.6 Å². The van der Waals surface area contributed by atoms with Gasteiger partial charge in [0.05, 0.1) is 0 Å². The van der Waals surface area contributed by atoms with Gasteiger partial charge in [-0.3, -0.25) is 0 Å². The van der Waals surface area contributed by atoms with Crippen LogP contribution in [0.1, 0.15) is 25.7 Å². The maximum atomic E-state index is 13.8. The van der Waals surface area contributed by atoms with Gasteiger partial charge in [-0.15, -0.1) is 37.2 Å². The van der Waals surface area contributed by atoms with Gasteiger partial charge >= 0.3 is 146 Å². The molecule has 0 radical (unpaired) electrons. The molecule has 0 aliphatic carbocycles. The Labute approximate surface area is 183 Å². The van der Waals surface area contributed by atoms with Gasteiger partial charge in [0.2, 0.25) is 0 Å². The second-order valence-corrected chi connectivity index (χ2v) is 19.5. The zero-order valence-corrected chi connectivity index (χ0v) is 20.8. The van der Waals surface area contributed by atoms with E-state index in [9.17, 15) is 13.2 Å². The van der Waals surface area contributed by atoms with E-state index in [2.05, 4.69) is 16.0 Å². The molecule has 0 aromatic carbocycles. The standard InChI is InChI=1S/C12H27N4.CF3.3CH3.3ClH.Ti/c1-5-13-7-2-9-15-11-4-12-16-10-3-8-14-6-1;2-1(3)4;;;;;;;/h13-15H,1-12H2;;3*1H3;3*1H;/q-1;;;;;;;;+1. The van der Waals surface area contributed by atoms with Gasteiger partial charge in [0.25, 0.3) is 0 Å². The van der Waals surface area contributed by atoms with Crippen molar-refractivity contribution in [1.29, 1.82) is 0 Å². The van der Waals surface area contributed by atoms with Crippen LogP contribution in [0.2, 0.25) is 15.7 Å². The van der Waals surface area contributed by atoms with E-state index >= 15 is 0 Å². The van der Waals surface area contributed by atoms with E-state index in [1.54, 1.807) is 3.38 Å². The Balaban J connectivity index is -0.00000192. The average Bonchev–Trinajstić information content (AvgIpc) is 2.45. The molecule has 0 bridgehead atoms. The fraction of sp³-hybridized carbons (Fsp3) is 1.00. The van der Waals surface area contributed by atoms with E-state index in [1.165, 1.54) is 15.7 Å². The van der Waals surface area contributed by atoms with Crippen LogP contribution in [0, 0.1) is 0 Å². The molecular weight excluding hydrogens is 459 g/mol. The summed E-state index contributed by atoms with van der Waals surface area (Å²) in [6, 6.07) is 0. The number of nitrogens with one attached hydrogen (secondary N) is 3. The normalized spacial score (nSPS) is 21.5. The van der Waals surface area contributed by atoms with Gasteiger partial charge in [0.15, 0.2) is 0 Å². The van der Waals surface area contributed by atoms with Crippen LogP contribution in [0.15, 0.2) is 0 Å². The molecule has 0 unspecified atom stereocenters. The Morgan fingerprint density at radius 1 is 0.630 bits per heavy atom. The van der Waals surface area contributed by atoms with Crippen molar-refractivity contribution in [2.24, 2.45) is 0 Å². The van der Waals surface area contributed by atoms with Crippen LogP contribution in [0.25, 0.3) is 0 Å². The summed E-state index contributed by atoms with van der Waals surface area (Å²) < 4.78 is 39.1. The summed E-state index contributed by atoms with van der Waals surface area (Å²) in [5, 5.41) is 14.6.